The van der Waals surface area contributed by atoms with Crippen molar-refractivity contribution < 1.29 is 27.9 Å². The summed E-state index contributed by atoms with van der Waals surface area (Å²) in [6, 6.07) is 0.680. The third-order valence-electron chi connectivity index (χ3n) is 4.73. The predicted octanol–water partition coefficient (Wildman–Crippen LogP) is 2.16. The minimum atomic E-state index is -1.24. The molecule has 0 aromatic heterocycles. The normalized spacial score (nSPS) is 22.6. The highest BCUT2D eigenvalue weighted by atomic mass is 19.1. The quantitative estimate of drug-likeness (QED) is 0.786. The molecular weight excluding hydrogens is 337 g/mol. The van der Waals surface area contributed by atoms with Crippen molar-refractivity contribution in [3.05, 3.63) is 35.1 Å². The second kappa shape index (κ2) is 7.03. The van der Waals surface area contributed by atoms with Crippen molar-refractivity contribution in [1.29, 1.82) is 0 Å². The number of benzene rings is 1. The Morgan fingerprint density at radius 2 is 1.76 bits per heavy atom. The smallest absolute Gasteiger partial charge is 0.317 e. The fourth-order valence-corrected chi connectivity index (χ4v) is 3.17. The lowest BCUT2D eigenvalue weighted by Gasteiger charge is -2.42. The maximum Gasteiger partial charge on any atom is 0.317 e. The average molecular weight is 356 g/mol. The number of aliphatic carboxylic acids is 1. The predicted molar refractivity (Wildman–Crippen MR) is 82.5 cm³/mol. The van der Waals surface area contributed by atoms with Gasteiger partial charge in [-0.15, -0.1) is 0 Å². The molecule has 0 atom stereocenters. The largest absolute Gasteiger partial charge is 0.480 e. The number of hydrogen-bond donors (Lipinski definition) is 2. The molecule has 0 aliphatic heterocycles. The highest BCUT2D eigenvalue weighted by Gasteiger charge is 2.38. The van der Waals surface area contributed by atoms with Crippen molar-refractivity contribution >= 4 is 11.9 Å². The van der Waals surface area contributed by atoms with Crippen LogP contribution in [0.15, 0.2) is 12.1 Å². The SMILES string of the molecule is O=C(O)CN(CC1CC1)C1CC(NC(=O)c2c(F)cc(F)cc2F)C1. The number of carbonyl (C=O) groups excluding carboxylic acids is 1. The summed E-state index contributed by atoms with van der Waals surface area (Å²) in [5.41, 5.74) is -0.801. The Balaban J connectivity index is 1.55. The van der Waals surface area contributed by atoms with Crippen molar-refractivity contribution in [2.24, 2.45) is 5.92 Å². The number of nitrogens with one attached hydrogen (secondary N) is 1. The molecule has 136 valence electrons. The fourth-order valence-electron chi connectivity index (χ4n) is 3.17. The second-order valence-corrected chi connectivity index (χ2v) is 6.81. The molecule has 1 aromatic carbocycles. The van der Waals surface area contributed by atoms with E-state index in [1.54, 1.807) is 0 Å². The number of carbonyl (C=O) groups is 2. The van der Waals surface area contributed by atoms with Crippen LogP contribution in [0.1, 0.15) is 36.0 Å². The van der Waals surface area contributed by atoms with Crippen LogP contribution in [0.5, 0.6) is 0 Å². The summed E-state index contributed by atoms with van der Waals surface area (Å²) in [4.78, 5) is 24.9. The number of carboxylic acid groups (broad SMARTS) is 1. The minimum absolute atomic E-state index is 0.0323. The Labute approximate surface area is 142 Å². The summed E-state index contributed by atoms with van der Waals surface area (Å²) in [6.45, 7) is 0.669. The molecule has 3 rings (SSSR count). The first-order chi connectivity index (χ1) is 11.8. The Kier molecular flexibility index (Phi) is 4.99. The molecule has 0 radical (unpaired) electrons. The van der Waals surface area contributed by atoms with E-state index in [0.717, 1.165) is 19.4 Å². The molecular formula is C17H19F3N2O3. The van der Waals surface area contributed by atoms with Crippen LogP contribution in [-0.4, -0.2) is 47.1 Å². The van der Waals surface area contributed by atoms with Crippen LogP contribution in [-0.2, 0) is 4.79 Å². The van der Waals surface area contributed by atoms with Gasteiger partial charge < -0.3 is 10.4 Å². The van der Waals surface area contributed by atoms with Crippen molar-refractivity contribution in [2.75, 3.05) is 13.1 Å². The van der Waals surface area contributed by atoms with Gasteiger partial charge in [0.1, 0.15) is 23.0 Å². The third-order valence-corrected chi connectivity index (χ3v) is 4.73. The standard InChI is InChI=1S/C17H19F3N2O3/c18-10-3-13(19)16(14(20)4-10)17(25)21-11-5-12(6-11)22(8-15(23)24)7-9-1-2-9/h3-4,9,11-12H,1-2,5-8H2,(H,21,25)(H,23,24). The van der Waals surface area contributed by atoms with Crippen LogP contribution >= 0.6 is 0 Å². The number of carboxylic acids is 1. The molecule has 1 amide bonds. The van der Waals surface area contributed by atoms with Gasteiger partial charge in [0.25, 0.3) is 5.91 Å². The molecule has 5 nitrogen and oxygen atoms in total. The monoisotopic (exact) mass is 356 g/mol. The van der Waals surface area contributed by atoms with Crippen LogP contribution in [0.3, 0.4) is 0 Å². The van der Waals surface area contributed by atoms with E-state index in [4.69, 9.17) is 5.11 Å². The second-order valence-electron chi connectivity index (χ2n) is 6.81. The Bertz CT molecular complexity index is 665. The highest BCUT2D eigenvalue weighted by Crippen LogP contribution is 2.34. The maximum atomic E-state index is 13.6. The lowest BCUT2D eigenvalue weighted by molar-refractivity contribution is -0.139. The van der Waals surface area contributed by atoms with Gasteiger partial charge in [-0.1, -0.05) is 0 Å². The topological polar surface area (TPSA) is 69.6 Å². The highest BCUT2D eigenvalue weighted by molar-refractivity contribution is 5.95. The summed E-state index contributed by atoms with van der Waals surface area (Å²) < 4.78 is 40.1. The van der Waals surface area contributed by atoms with Crippen LogP contribution in [0.25, 0.3) is 0 Å². The molecule has 2 fully saturated rings. The Morgan fingerprint density at radius 1 is 1.16 bits per heavy atom. The molecule has 2 aliphatic carbocycles. The Morgan fingerprint density at radius 3 is 2.28 bits per heavy atom. The van der Waals surface area contributed by atoms with Gasteiger partial charge in [-0.25, -0.2) is 13.2 Å². The molecule has 0 bridgehead atoms. The van der Waals surface area contributed by atoms with E-state index in [9.17, 15) is 22.8 Å². The van der Waals surface area contributed by atoms with Gasteiger partial charge in [-0.2, -0.15) is 0 Å². The summed E-state index contributed by atoms with van der Waals surface area (Å²) >= 11 is 0. The van der Waals surface area contributed by atoms with Gasteiger partial charge in [-0.3, -0.25) is 14.5 Å². The van der Waals surface area contributed by atoms with E-state index in [1.807, 2.05) is 4.90 Å². The van der Waals surface area contributed by atoms with E-state index >= 15 is 0 Å². The van der Waals surface area contributed by atoms with Crippen molar-refractivity contribution in [3.63, 3.8) is 0 Å². The molecule has 8 heteroatoms. The number of amides is 1. The van der Waals surface area contributed by atoms with Crippen LogP contribution < -0.4 is 5.32 Å². The Hall–Kier alpha value is -2.09. The first-order valence-corrected chi connectivity index (χ1v) is 8.24. The van der Waals surface area contributed by atoms with Gasteiger partial charge in [0, 0.05) is 30.8 Å². The molecule has 2 aliphatic rings. The van der Waals surface area contributed by atoms with Crippen LogP contribution in [0, 0.1) is 23.4 Å². The van der Waals surface area contributed by atoms with Gasteiger partial charge in [0.2, 0.25) is 0 Å². The number of rotatable bonds is 7. The minimum Gasteiger partial charge on any atom is -0.480 e. The molecule has 2 saturated carbocycles. The average Bonchev–Trinajstić information content (AvgIpc) is 3.24. The van der Waals surface area contributed by atoms with E-state index in [-0.39, 0.29) is 18.6 Å². The summed E-state index contributed by atoms with van der Waals surface area (Å²) in [5, 5.41) is 11.5. The van der Waals surface area contributed by atoms with Gasteiger partial charge >= 0.3 is 5.97 Å². The molecule has 25 heavy (non-hydrogen) atoms. The van der Waals surface area contributed by atoms with Crippen molar-refractivity contribution in [3.8, 4) is 0 Å². The van der Waals surface area contributed by atoms with Crippen molar-refractivity contribution in [1.82, 2.24) is 10.2 Å². The van der Waals surface area contributed by atoms with E-state index < -0.39 is 34.9 Å². The van der Waals surface area contributed by atoms with Crippen LogP contribution in [0.2, 0.25) is 0 Å². The van der Waals surface area contributed by atoms with Gasteiger partial charge in [0.05, 0.1) is 6.54 Å². The van der Waals surface area contributed by atoms with E-state index in [2.05, 4.69) is 5.32 Å². The molecule has 0 spiro atoms. The first kappa shape index (κ1) is 17.7. The molecule has 2 N–H and O–H groups in total. The van der Waals surface area contributed by atoms with Crippen molar-refractivity contribution in [2.45, 2.75) is 37.8 Å². The lowest BCUT2D eigenvalue weighted by atomic mass is 9.85. The van der Waals surface area contributed by atoms with Gasteiger partial charge in [-0.05, 0) is 31.6 Å². The van der Waals surface area contributed by atoms with E-state index in [0.29, 0.717) is 30.9 Å². The molecule has 0 unspecified atom stereocenters. The zero-order valence-electron chi connectivity index (χ0n) is 13.5. The summed E-state index contributed by atoms with van der Waals surface area (Å²) in [7, 11) is 0. The number of nitrogens with zero attached hydrogens (tertiary/aromatic N) is 1. The first-order valence-electron chi connectivity index (χ1n) is 8.24. The fraction of sp³-hybridized carbons (Fsp3) is 0.529. The zero-order valence-corrected chi connectivity index (χ0v) is 13.5. The van der Waals surface area contributed by atoms with Crippen LogP contribution in [0.4, 0.5) is 13.2 Å². The molecule has 0 heterocycles. The van der Waals surface area contributed by atoms with Gasteiger partial charge in [0.15, 0.2) is 0 Å². The number of halogens is 3. The third kappa shape index (κ3) is 4.31. The zero-order chi connectivity index (χ0) is 18.1. The maximum absolute atomic E-state index is 13.6. The molecule has 1 aromatic rings. The summed E-state index contributed by atoms with van der Waals surface area (Å²) in [5.74, 6) is -4.86. The van der Waals surface area contributed by atoms with E-state index in [1.165, 1.54) is 0 Å². The molecule has 0 saturated heterocycles. The summed E-state index contributed by atoms with van der Waals surface area (Å²) in [6.07, 6.45) is 3.25. The number of hydrogen-bond acceptors (Lipinski definition) is 3. The lowest BCUT2D eigenvalue weighted by Crippen LogP contribution is -2.55.